The molecule has 2 heterocycles. The summed E-state index contributed by atoms with van der Waals surface area (Å²) in [6.45, 7) is 6.21. The van der Waals surface area contributed by atoms with Crippen LogP contribution in [0.5, 0.6) is 0 Å². The number of benzene rings is 2. The van der Waals surface area contributed by atoms with E-state index in [1.54, 1.807) is 17.4 Å². The van der Waals surface area contributed by atoms with Crippen molar-refractivity contribution in [3.05, 3.63) is 66.2 Å². The first-order valence-electron chi connectivity index (χ1n) is 18.3. The number of ether oxygens (including phenoxy) is 1. The van der Waals surface area contributed by atoms with Crippen LogP contribution in [-0.4, -0.2) is 82.2 Å². The molecule has 266 valence electrons. The summed E-state index contributed by atoms with van der Waals surface area (Å²) < 4.78 is 5.45. The van der Waals surface area contributed by atoms with E-state index in [1.807, 2.05) is 42.5 Å². The topological polar surface area (TPSA) is 137 Å². The number of morpholine rings is 1. The predicted molar refractivity (Wildman–Crippen MR) is 191 cm³/mol. The van der Waals surface area contributed by atoms with Gasteiger partial charge in [-0.2, -0.15) is 0 Å². The monoisotopic (exact) mass is 673 g/mol. The zero-order chi connectivity index (χ0) is 34.6. The minimum absolute atomic E-state index is 0.0195. The van der Waals surface area contributed by atoms with Gasteiger partial charge in [0, 0.05) is 37.8 Å². The third-order valence-electron chi connectivity index (χ3n) is 10.3. The van der Waals surface area contributed by atoms with Gasteiger partial charge in [0.1, 0.15) is 6.04 Å². The number of imidazole rings is 1. The number of nitrogens with zero attached hydrogens (tertiary/aromatic N) is 2. The van der Waals surface area contributed by atoms with Gasteiger partial charge in [0.15, 0.2) is 0 Å². The number of amides is 3. The molecule has 0 unspecified atom stereocenters. The van der Waals surface area contributed by atoms with Crippen LogP contribution in [0.1, 0.15) is 82.9 Å². The molecular formula is C39H55N5O5. The maximum atomic E-state index is 14.3. The first-order chi connectivity index (χ1) is 23.8. The molecule has 0 bridgehead atoms. The van der Waals surface area contributed by atoms with E-state index in [4.69, 9.17) is 4.74 Å². The van der Waals surface area contributed by atoms with Crippen molar-refractivity contribution in [2.75, 3.05) is 26.3 Å². The van der Waals surface area contributed by atoms with Crippen molar-refractivity contribution in [3.8, 4) is 0 Å². The van der Waals surface area contributed by atoms with Crippen molar-refractivity contribution in [1.29, 1.82) is 0 Å². The summed E-state index contributed by atoms with van der Waals surface area (Å²) in [5, 5.41) is 19.7. The Kier molecular flexibility index (Phi) is 13.6. The second kappa shape index (κ2) is 18.3. The van der Waals surface area contributed by atoms with Crippen molar-refractivity contribution in [2.24, 2.45) is 17.8 Å². The highest BCUT2D eigenvalue weighted by molar-refractivity contribution is 5.92. The number of aliphatic hydroxyl groups excluding tert-OH is 1. The van der Waals surface area contributed by atoms with E-state index in [9.17, 15) is 19.5 Å². The first-order valence-corrected chi connectivity index (χ1v) is 18.3. The highest BCUT2D eigenvalue weighted by Gasteiger charge is 2.33. The molecular weight excluding hydrogens is 618 g/mol. The number of H-pyrrole nitrogens is 1. The Morgan fingerprint density at radius 2 is 1.71 bits per heavy atom. The van der Waals surface area contributed by atoms with Crippen molar-refractivity contribution >= 4 is 28.5 Å². The Labute approximate surface area is 290 Å². The first kappa shape index (κ1) is 36.5. The third kappa shape index (κ3) is 10.9. The molecule has 2 fully saturated rings. The molecule has 1 aromatic heterocycles. The minimum Gasteiger partial charge on any atom is -0.391 e. The van der Waals surface area contributed by atoms with E-state index in [1.165, 1.54) is 19.3 Å². The Morgan fingerprint density at radius 1 is 0.959 bits per heavy atom. The highest BCUT2D eigenvalue weighted by atomic mass is 16.5. The molecule has 5 rings (SSSR count). The Bertz CT molecular complexity index is 1480. The molecule has 4 atom stereocenters. The summed E-state index contributed by atoms with van der Waals surface area (Å²) in [4.78, 5) is 51.0. The number of aromatic amines is 1. The summed E-state index contributed by atoms with van der Waals surface area (Å²) in [7, 11) is 0. The van der Waals surface area contributed by atoms with Gasteiger partial charge in [-0.3, -0.25) is 14.4 Å². The fourth-order valence-corrected chi connectivity index (χ4v) is 7.34. The lowest BCUT2D eigenvalue weighted by molar-refractivity contribution is -0.140. The van der Waals surface area contributed by atoms with E-state index in [0.717, 1.165) is 35.6 Å². The van der Waals surface area contributed by atoms with Gasteiger partial charge in [0.25, 0.3) is 0 Å². The molecule has 2 aromatic carbocycles. The number of hydrogen-bond donors (Lipinski definition) is 4. The fraction of sp³-hybridized carbons (Fsp3) is 0.590. The number of aliphatic hydroxyl groups is 1. The smallest absolute Gasteiger partial charge is 0.243 e. The largest absolute Gasteiger partial charge is 0.391 e. The SMILES string of the molecule is CC(C)CC[C@H](O)[C@H](CC1CCCCC1)NC(=O)[C@H](Cc1cnc[nH]1)NC(=O)[C@H](CC(=O)N1CCOCC1)Cc1cccc2ccccc12. The maximum absolute atomic E-state index is 14.3. The zero-order valence-electron chi connectivity index (χ0n) is 29.2. The van der Waals surface area contributed by atoms with Crippen LogP contribution in [0.2, 0.25) is 0 Å². The van der Waals surface area contributed by atoms with Crippen LogP contribution in [0.4, 0.5) is 0 Å². The number of aromatic nitrogens is 2. The molecule has 2 aliphatic rings. The average molecular weight is 674 g/mol. The number of hydrogen-bond acceptors (Lipinski definition) is 6. The van der Waals surface area contributed by atoms with Gasteiger partial charge in [-0.1, -0.05) is 88.4 Å². The van der Waals surface area contributed by atoms with E-state index in [0.29, 0.717) is 63.1 Å². The van der Waals surface area contributed by atoms with E-state index < -0.39 is 24.1 Å². The second-order valence-corrected chi connectivity index (χ2v) is 14.5. The molecule has 1 saturated heterocycles. The van der Waals surface area contributed by atoms with Gasteiger partial charge in [-0.25, -0.2) is 4.98 Å². The Balaban J connectivity index is 1.37. The number of fused-ring (bicyclic) bond motifs is 1. The van der Waals surface area contributed by atoms with Crippen LogP contribution in [0.25, 0.3) is 10.8 Å². The Hall–Kier alpha value is -3.76. The average Bonchev–Trinajstić information content (AvgIpc) is 3.64. The molecule has 0 radical (unpaired) electrons. The van der Waals surface area contributed by atoms with Crippen LogP contribution in [0.15, 0.2) is 55.0 Å². The van der Waals surface area contributed by atoms with Crippen LogP contribution >= 0.6 is 0 Å². The summed E-state index contributed by atoms with van der Waals surface area (Å²) in [5.41, 5.74) is 1.68. The molecule has 10 heteroatoms. The van der Waals surface area contributed by atoms with Crippen molar-refractivity contribution in [3.63, 3.8) is 0 Å². The van der Waals surface area contributed by atoms with E-state index in [2.05, 4.69) is 34.4 Å². The van der Waals surface area contributed by atoms with Gasteiger partial charge in [0.2, 0.25) is 17.7 Å². The van der Waals surface area contributed by atoms with Gasteiger partial charge < -0.3 is 30.4 Å². The van der Waals surface area contributed by atoms with E-state index in [-0.39, 0.29) is 30.6 Å². The second-order valence-electron chi connectivity index (χ2n) is 14.5. The van der Waals surface area contributed by atoms with Crippen molar-refractivity contribution in [1.82, 2.24) is 25.5 Å². The highest BCUT2D eigenvalue weighted by Crippen LogP contribution is 2.29. The van der Waals surface area contributed by atoms with Crippen molar-refractivity contribution < 1.29 is 24.2 Å². The molecule has 1 aliphatic carbocycles. The summed E-state index contributed by atoms with van der Waals surface area (Å²) in [6, 6.07) is 12.7. The van der Waals surface area contributed by atoms with Crippen LogP contribution < -0.4 is 10.6 Å². The maximum Gasteiger partial charge on any atom is 0.243 e. The predicted octanol–water partition coefficient (Wildman–Crippen LogP) is 4.95. The molecule has 3 aromatic rings. The normalized spacial score (nSPS) is 18.2. The molecule has 0 spiro atoms. The number of nitrogens with one attached hydrogen (secondary N) is 3. The number of carbonyl (C=O) groups excluding carboxylic acids is 3. The van der Waals surface area contributed by atoms with Crippen molar-refractivity contribution in [2.45, 2.75) is 103 Å². The van der Waals surface area contributed by atoms with Gasteiger partial charge >= 0.3 is 0 Å². The summed E-state index contributed by atoms with van der Waals surface area (Å²) in [5.74, 6) is -0.599. The van der Waals surface area contributed by atoms with E-state index >= 15 is 0 Å². The van der Waals surface area contributed by atoms with Gasteiger partial charge in [0.05, 0.1) is 37.6 Å². The molecule has 3 amide bonds. The summed E-state index contributed by atoms with van der Waals surface area (Å²) in [6.07, 6.45) is 11.1. The number of rotatable bonds is 16. The molecule has 4 N–H and O–H groups in total. The van der Waals surface area contributed by atoms with Crippen LogP contribution in [0.3, 0.4) is 0 Å². The lowest BCUT2D eigenvalue weighted by atomic mass is 9.83. The summed E-state index contributed by atoms with van der Waals surface area (Å²) >= 11 is 0. The Morgan fingerprint density at radius 3 is 2.45 bits per heavy atom. The lowest BCUT2D eigenvalue weighted by Crippen LogP contribution is -2.55. The van der Waals surface area contributed by atoms with Crippen LogP contribution in [0, 0.1) is 17.8 Å². The zero-order valence-corrected chi connectivity index (χ0v) is 29.2. The third-order valence-corrected chi connectivity index (χ3v) is 10.3. The quantitative estimate of drug-likeness (QED) is 0.170. The van der Waals surface area contributed by atoms with Crippen LogP contribution in [-0.2, 0) is 32.0 Å². The lowest BCUT2D eigenvalue weighted by Gasteiger charge is -2.32. The van der Waals surface area contributed by atoms with Gasteiger partial charge in [-0.15, -0.1) is 0 Å². The fourth-order valence-electron chi connectivity index (χ4n) is 7.34. The number of carbonyl (C=O) groups is 3. The van der Waals surface area contributed by atoms with Gasteiger partial charge in [-0.05, 0) is 53.9 Å². The minimum atomic E-state index is -0.924. The molecule has 1 saturated carbocycles. The molecule has 1 aliphatic heterocycles. The standard InChI is InChI=1S/C39H55N5O5/c1-27(2)15-16-36(45)34(21-28-9-4-3-5-10-28)42-39(48)35(24-32-25-40-26-41-32)43-38(47)31(23-37(46)44-17-19-49-20-18-44)22-30-13-8-12-29-11-6-7-14-33(29)30/h6-8,11-14,25-28,31,34-36,45H,3-5,9-10,15-24H2,1-2H3,(H,40,41)(H,42,48)(H,43,47)/t31-,34-,35-,36-/m0/s1. The molecule has 49 heavy (non-hydrogen) atoms. The molecule has 10 nitrogen and oxygen atoms in total.